The molecule has 1 aromatic heterocycles. The zero-order chi connectivity index (χ0) is 10.7. The zero-order valence-electron chi connectivity index (χ0n) is 7.48. The molecule has 15 heavy (non-hydrogen) atoms. The van der Waals surface area contributed by atoms with Gasteiger partial charge in [0.05, 0.1) is 0 Å². The number of hydrogen-bond donors (Lipinski definition) is 0. The number of rotatable bonds is 3. The fourth-order valence-electron chi connectivity index (χ4n) is 1.02. The van der Waals surface area contributed by atoms with Crippen molar-refractivity contribution in [1.29, 1.82) is 0 Å². The Morgan fingerprint density at radius 3 is 2.93 bits per heavy atom. The Balaban J connectivity index is 2.07. The Morgan fingerprint density at radius 2 is 2.20 bits per heavy atom. The minimum absolute atomic E-state index is 0.696. The highest BCUT2D eigenvalue weighted by atomic mass is 35.5. The summed E-state index contributed by atoms with van der Waals surface area (Å²) in [5.41, 5.74) is 2.71. The van der Waals surface area contributed by atoms with Gasteiger partial charge in [-0.05, 0) is 35.3 Å². The largest absolute Gasteiger partial charge is 0.218 e. The van der Waals surface area contributed by atoms with Crippen LogP contribution in [0.25, 0.3) is 0 Å². The van der Waals surface area contributed by atoms with Crippen molar-refractivity contribution >= 4 is 46.5 Å². The second-order valence-corrected chi connectivity index (χ2v) is 5.13. The lowest BCUT2D eigenvalue weighted by molar-refractivity contribution is 1.08. The van der Waals surface area contributed by atoms with Crippen LogP contribution in [-0.2, 0) is 5.75 Å². The summed E-state index contributed by atoms with van der Waals surface area (Å²) in [6, 6.07) is 5.44. The Kier molecular flexibility index (Phi) is 3.86. The van der Waals surface area contributed by atoms with Crippen LogP contribution in [0.3, 0.4) is 0 Å². The average molecular weight is 277 g/mol. The van der Waals surface area contributed by atoms with E-state index < -0.39 is 0 Å². The molecule has 2 nitrogen and oxygen atoms in total. The molecule has 2 aromatic rings. The van der Waals surface area contributed by atoms with E-state index in [1.807, 2.05) is 6.07 Å². The molecule has 0 spiro atoms. The van der Waals surface area contributed by atoms with E-state index in [1.165, 1.54) is 11.5 Å². The molecule has 0 amide bonds. The highest BCUT2D eigenvalue weighted by Crippen LogP contribution is 2.27. The number of thioether (sulfide) groups is 1. The third kappa shape index (κ3) is 3.08. The van der Waals surface area contributed by atoms with Crippen LogP contribution in [0.15, 0.2) is 28.9 Å². The first-order valence-corrected chi connectivity index (χ1v) is 6.66. The van der Waals surface area contributed by atoms with Crippen molar-refractivity contribution in [2.45, 2.75) is 10.9 Å². The van der Waals surface area contributed by atoms with E-state index in [2.05, 4.69) is 9.36 Å². The normalized spacial score (nSPS) is 10.5. The molecular weight excluding hydrogens is 271 g/mol. The lowest BCUT2D eigenvalue weighted by atomic mass is 10.2. The van der Waals surface area contributed by atoms with Gasteiger partial charge < -0.3 is 0 Å². The van der Waals surface area contributed by atoms with E-state index in [0.29, 0.717) is 5.02 Å². The quantitative estimate of drug-likeness (QED) is 0.789. The molecule has 0 saturated carbocycles. The molecule has 0 atom stereocenters. The predicted octanol–water partition coefficient (Wildman–Crippen LogP) is 4.14. The Bertz CT molecular complexity index is 445. The monoisotopic (exact) mass is 276 g/mol. The molecule has 1 heterocycles. The van der Waals surface area contributed by atoms with Crippen molar-refractivity contribution < 1.29 is 0 Å². The van der Waals surface area contributed by atoms with Crippen molar-refractivity contribution in [2.24, 2.45) is 0 Å². The van der Waals surface area contributed by atoms with Crippen LogP contribution in [-0.4, -0.2) is 9.36 Å². The molecule has 6 heteroatoms. The molecule has 1 aromatic carbocycles. The van der Waals surface area contributed by atoms with Crippen LogP contribution >= 0.6 is 46.5 Å². The van der Waals surface area contributed by atoms with Gasteiger partial charge in [0.15, 0.2) is 5.16 Å². The minimum Gasteiger partial charge on any atom is -0.218 e. The Morgan fingerprint density at radius 1 is 1.33 bits per heavy atom. The third-order valence-electron chi connectivity index (χ3n) is 1.71. The summed E-state index contributed by atoms with van der Waals surface area (Å²) in [5.74, 6) is 0.732. The molecule has 78 valence electrons. The van der Waals surface area contributed by atoms with E-state index in [4.69, 9.17) is 23.2 Å². The van der Waals surface area contributed by atoms with Gasteiger partial charge >= 0.3 is 0 Å². The SMILES string of the molecule is Clc1ccc(Cl)c(CSc2ncsn2)c1. The van der Waals surface area contributed by atoms with Crippen LogP contribution in [0.4, 0.5) is 0 Å². The second-order valence-electron chi connectivity index (χ2n) is 2.74. The molecule has 0 unspecified atom stereocenters. The number of hydrogen-bond acceptors (Lipinski definition) is 4. The molecule has 0 bridgehead atoms. The number of nitrogens with zero attached hydrogens (tertiary/aromatic N) is 2. The van der Waals surface area contributed by atoms with Crippen LogP contribution in [0.2, 0.25) is 10.0 Å². The molecule has 0 saturated heterocycles. The maximum Gasteiger partial charge on any atom is 0.200 e. The first-order valence-electron chi connectivity index (χ1n) is 4.09. The number of halogens is 2. The Hall–Kier alpha value is -0.290. The summed E-state index contributed by atoms with van der Waals surface area (Å²) in [5, 5.41) is 2.19. The van der Waals surface area contributed by atoms with Gasteiger partial charge in [-0.25, -0.2) is 4.98 Å². The molecular formula is C9H6Cl2N2S2. The standard InChI is InChI=1S/C9H6Cl2N2S2/c10-7-1-2-8(11)6(3-7)4-14-9-12-5-15-13-9/h1-3,5H,4H2. The Labute approximate surface area is 106 Å². The summed E-state index contributed by atoms with van der Waals surface area (Å²) in [6.07, 6.45) is 0. The van der Waals surface area contributed by atoms with Gasteiger partial charge in [0, 0.05) is 15.8 Å². The van der Waals surface area contributed by atoms with Gasteiger partial charge in [0.25, 0.3) is 0 Å². The lowest BCUT2D eigenvalue weighted by Gasteiger charge is -2.02. The fraction of sp³-hybridized carbons (Fsp3) is 0.111. The van der Waals surface area contributed by atoms with Crippen molar-refractivity contribution in [3.8, 4) is 0 Å². The average Bonchev–Trinajstić information content (AvgIpc) is 2.72. The molecule has 0 N–H and O–H groups in total. The van der Waals surface area contributed by atoms with E-state index in [1.54, 1.807) is 29.4 Å². The topological polar surface area (TPSA) is 25.8 Å². The third-order valence-corrected chi connectivity index (χ3v) is 3.81. The first-order chi connectivity index (χ1) is 7.25. The van der Waals surface area contributed by atoms with Crippen LogP contribution < -0.4 is 0 Å². The molecule has 2 rings (SSSR count). The fourth-order valence-corrected chi connectivity index (χ4v) is 2.87. The molecule has 0 aliphatic carbocycles. The van der Waals surface area contributed by atoms with Crippen molar-refractivity contribution in [1.82, 2.24) is 9.36 Å². The van der Waals surface area contributed by atoms with Gasteiger partial charge in [-0.3, -0.25) is 0 Å². The molecule has 0 aliphatic rings. The van der Waals surface area contributed by atoms with Crippen LogP contribution in [0, 0.1) is 0 Å². The van der Waals surface area contributed by atoms with Gasteiger partial charge in [-0.2, -0.15) is 4.37 Å². The summed E-state index contributed by atoms with van der Waals surface area (Å²) in [4.78, 5) is 4.08. The smallest absolute Gasteiger partial charge is 0.200 e. The van der Waals surface area contributed by atoms with Gasteiger partial charge in [0.2, 0.25) is 0 Å². The number of benzene rings is 1. The maximum absolute atomic E-state index is 6.03. The van der Waals surface area contributed by atoms with E-state index >= 15 is 0 Å². The van der Waals surface area contributed by atoms with Crippen molar-refractivity contribution in [2.75, 3.05) is 0 Å². The minimum atomic E-state index is 0.696. The van der Waals surface area contributed by atoms with E-state index in [0.717, 1.165) is 21.5 Å². The summed E-state index contributed by atoms with van der Waals surface area (Å²) in [7, 11) is 0. The van der Waals surface area contributed by atoms with E-state index in [9.17, 15) is 0 Å². The second kappa shape index (κ2) is 5.16. The van der Waals surface area contributed by atoms with Crippen LogP contribution in [0.1, 0.15) is 5.56 Å². The summed E-state index contributed by atoms with van der Waals surface area (Å²) < 4.78 is 4.10. The number of aromatic nitrogens is 2. The predicted molar refractivity (Wildman–Crippen MR) is 65.9 cm³/mol. The zero-order valence-corrected chi connectivity index (χ0v) is 10.6. The molecule has 0 aliphatic heterocycles. The lowest BCUT2D eigenvalue weighted by Crippen LogP contribution is -1.83. The van der Waals surface area contributed by atoms with Crippen LogP contribution in [0.5, 0.6) is 0 Å². The highest BCUT2D eigenvalue weighted by Gasteiger charge is 2.04. The van der Waals surface area contributed by atoms with E-state index in [-0.39, 0.29) is 0 Å². The van der Waals surface area contributed by atoms with Gasteiger partial charge in [0.1, 0.15) is 5.51 Å². The maximum atomic E-state index is 6.03. The van der Waals surface area contributed by atoms with Gasteiger partial charge in [-0.1, -0.05) is 35.0 Å². The summed E-state index contributed by atoms with van der Waals surface area (Å²) in [6.45, 7) is 0. The van der Waals surface area contributed by atoms with Crippen molar-refractivity contribution in [3.63, 3.8) is 0 Å². The first kappa shape index (κ1) is 11.2. The highest BCUT2D eigenvalue weighted by molar-refractivity contribution is 7.98. The molecule has 0 radical (unpaired) electrons. The molecule has 0 fully saturated rings. The van der Waals surface area contributed by atoms with Crippen molar-refractivity contribution in [3.05, 3.63) is 39.3 Å². The summed E-state index contributed by atoms with van der Waals surface area (Å²) >= 11 is 14.8. The van der Waals surface area contributed by atoms with Gasteiger partial charge in [-0.15, -0.1) is 0 Å².